The van der Waals surface area contributed by atoms with E-state index in [0.717, 1.165) is 17.8 Å². The third kappa shape index (κ3) is 3.42. The van der Waals surface area contributed by atoms with Gasteiger partial charge in [0.15, 0.2) is 0 Å². The fourth-order valence-electron chi connectivity index (χ4n) is 2.83. The molecule has 136 valence electrons. The Morgan fingerprint density at radius 1 is 1.15 bits per heavy atom. The highest BCUT2D eigenvalue weighted by molar-refractivity contribution is 5.76. The molecule has 0 saturated heterocycles. The highest BCUT2D eigenvalue weighted by Gasteiger charge is 2.30. The topological polar surface area (TPSA) is 37.6 Å². The summed E-state index contributed by atoms with van der Waals surface area (Å²) in [5, 5.41) is 0. The lowest BCUT2D eigenvalue weighted by Gasteiger charge is -2.20. The molecule has 4 nitrogen and oxygen atoms in total. The molecule has 0 radical (unpaired) electrons. The summed E-state index contributed by atoms with van der Waals surface area (Å²) in [4.78, 5) is 17.8. The molecule has 3 rings (SSSR count). The van der Waals surface area contributed by atoms with E-state index in [4.69, 9.17) is 0 Å². The fraction of sp³-hybridized carbons (Fsp3) is 0.263. The van der Waals surface area contributed by atoms with Crippen LogP contribution in [0.25, 0.3) is 5.65 Å². The molecule has 3 aromatic rings. The van der Waals surface area contributed by atoms with Crippen LogP contribution in [0.4, 0.5) is 19.0 Å². The van der Waals surface area contributed by atoms with Crippen molar-refractivity contribution in [2.75, 3.05) is 4.90 Å². The number of aromatic nitrogens is 2. The van der Waals surface area contributed by atoms with Crippen molar-refractivity contribution in [3.05, 3.63) is 65.5 Å². The van der Waals surface area contributed by atoms with Crippen LogP contribution in [0.3, 0.4) is 0 Å². The van der Waals surface area contributed by atoms with Crippen molar-refractivity contribution in [3.8, 4) is 0 Å². The highest BCUT2D eigenvalue weighted by Crippen LogP contribution is 2.31. The number of alkyl halides is 3. The van der Waals surface area contributed by atoms with E-state index in [-0.39, 0.29) is 12.5 Å². The van der Waals surface area contributed by atoms with Gasteiger partial charge in [-0.05, 0) is 35.7 Å². The van der Waals surface area contributed by atoms with Crippen LogP contribution in [0.2, 0.25) is 0 Å². The quantitative estimate of drug-likeness (QED) is 0.621. The van der Waals surface area contributed by atoms with E-state index >= 15 is 0 Å². The predicted molar refractivity (Wildman–Crippen MR) is 93.0 cm³/mol. The average Bonchev–Trinajstić information content (AvgIpc) is 2.99. The molecule has 7 heteroatoms. The molecule has 0 spiro atoms. The second-order valence-electron chi connectivity index (χ2n) is 6.33. The van der Waals surface area contributed by atoms with Gasteiger partial charge >= 0.3 is 6.18 Å². The minimum absolute atomic E-state index is 0.0833. The number of rotatable bonds is 5. The molecular weight excluding hydrogens is 343 g/mol. The van der Waals surface area contributed by atoms with Crippen LogP contribution in [0.1, 0.15) is 36.6 Å². The van der Waals surface area contributed by atoms with Gasteiger partial charge in [-0.3, -0.25) is 14.1 Å². The number of pyridine rings is 1. The van der Waals surface area contributed by atoms with Gasteiger partial charge < -0.3 is 0 Å². The maximum Gasteiger partial charge on any atom is 0.416 e. The Labute approximate surface area is 148 Å². The summed E-state index contributed by atoms with van der Waals surface area (Å²) in [6.45, 7) is 4.11. The Morgan fingerprint density at radius 2 is 1.85 bits per heavy atom. The zero-order valence-electron chi connectivity index (χ0n) is 14.4. The monoisotopic (exact) mass is 361 g/mol. The number of hydrogen-bond acceptors (Lipinski definition) is 2. The van der Waals surface area contributed by atoms with E-state index in [9.17, 15) is 18.0 Å². The average molecular weight is 361 g/mol. The normalized spacial score (nSPS) is 11.9. The van der Waals surface area contributed by atoms with Gasteiger partial charge in [-0.15, -0.1) is 0 Å². The van der Waals surface area contributed by atoms with Crippen molar-refractivity contribution in [1.29, 1.82) is 0 Å². The van der Waals surface area contributed by atoms with Gasteiger partial charge in [-0.2, -0.15) is 13.2 Å². The smallest absolute Gasteiger partial charge is 0.294 e. The molecule has 2 heterocycles. The number of nitrogens with zero attached hydrogens (tertiary/aromatic N) is 3. The number of halogens is 3. The lowest BCUT2D eigenvalue weighted by atomic mass is 10.1. The number of amides is 1. The minimum Gasteiger partial charge on any atom is -0.294 e. The van der Waals surface area contributed by atoms with Gasteiger partial charge in [0.2, 0.25) is 6.41 Å². The van der Waals surface area contributed by atoms with E-state index in [0.29, 0.717) is 23.4 Å². The minimum atomic E-state index is -4.38. The van der Waals surface area contributed by atoms with Crippen LogP contribution in [-0.2, 0) is 17.5 Å². The van der Waals surface area contributed by atoms with Gasteiger partial charge in [0.1, 0.15) is 11.5 Å². The maximum absolute atomic E-state index is 12.7. The molecule has 0 fully saturated rings. The van der Waals surface area contributed by atoms with Crippen LogP contribution in [0.5, 0.6) is 0 Å². The first kappa shape index (κ1) is 18.0. The van der Waals surface area contributed by atoms with Crippen LogP contribution < -0.4 is 4.90 Å². The van der Waals surface area contributed by atoms with Crippen molar-refractivity contribution in [1.82, 2.24) is 9.38 Å². The number of imidazole rings is 1. The second kappa shape index (κ2) is 6.82. The summed E-state index contributed by atoms with van der Waals surface area (Å²) in [5.41, 5.74) is 1.36. The largest absolute Gasteiger partial charge is 0.416 e. The summed E-state index contributed by atoms with van der Waals surface area (Å²) >= 11 is 0. The highest BCUT2D eigenvalue weighted by atomic mass is 19.4. The molecule has 0 aliphatic heterocycles. The number of carbonyl (C=O) groups excluding carboxylic acids is 1. The number of carbonyl (C=O) groups is 1. The maximum atomic E-state index is 12.7. The predicted octanol–water partition coefficient (Wildman–Crippen LogP) is 4.64. The summed E-state index contributed by atoms with van der Waals surface area (Å²) in [7, 11) is 0. The van der Waals surface area contributed by atoms with E-state index in [1.165, 1.54) is 17.0 Å². The molecule has 1 amide bonds. The van der Waals surface area contributed by atoms with Gasteiger partial charge in [-0.1, -0.05) is 32.0 Å². The molecule has 0 bridgehead atoms. The summed E-state index contributed by atoms with van der Waals surface area (Å²) in [6, 6.07) is 10.4. The zero-order valence-corrected chi connectivity index (χ0v) is 14.4. The molecule has 0 saturated carbocycles. The van der Waals surface area contributed by atoms with Gasteiger partial charge in [0, 0.05) is 6.20 Å². The van der Waals surface area contributed by atoms with Crippen molar-refractivity contribution in [3.63, 3.8) is 0 Å². The SMILES string of the molecule is CC(C)c1nc2ccccn2c1N(C=O)Cc1ccc(C(F)(F)F)cc1. The van der Waals surface area contributed by atoms with Gasteiger partial charge in [0.25, 0.3) is 0 Å². The summed E-state index contributed by atoms with van der Waals surface area (Å²) in [6.07, 6.45) is -1.89. The molecule has 2 aromatic heterocycles. The standard InChI is InChI=1S/C19H18F3N3O/c1-13(2)17-18(25-10-4-3-5-16(25)23-17)24(12-26)11-14-6-8-15(9-7-14)19(20,21)22/h3-10,12-13H,11H2,1-2H3. The Kier molecular flexibility index (Phi) is 4.71. The molecule has 0 unspecified atom stereocenters. The van der Waals surface area contributed by atoms with Crippen LogP contribution in [0, 0.1) is 0 Å². The number of benzene rings is 1. The zero-order chi connectivity index (χ0) is 18.9. The lowest BCUT2D eigenvalue weighted by Crippen LogP contribution is -2.23. The second-order valence-corrected chi connectivity index (χ2v) is 6.33. The summed E-state index contributed by atoms with van der Waals surface area (Å²) in [5.74, 6) is 0.713. The molecule has 1 aromatic carbocycles. The van der Waals surface area contributed by atoms with Crippen LogP contribution in [0.15, 0.2) is 48.7 Å². The molecule has 0 N–H and O–H groups in total. The Balaban J connectivity index is 1.98. The summed E-state index contributed by atoms with van der Waals surface area (Å²) < 4.78 is 39.9. The van der Waals surface area contributed by atoms with Crippen molar-refractivity contribution >= 4 is 17.9 Å². The Morgan fingerprint density at radius 3 is 2.42 bits per heavy atom. The van der Waals surface area contributed by atoms with E-state index < -0.39 is 11.7 Å². The van der Waals surface area contributed by atoms with Gasteiger partial charge in [-0.25, -0.2) is 4.98 Å². The van der Waals surface area contributed by atoms with E-state index in [2.05, 4.69) is 4.98 Å². The Bertz CT molecular complexity index is 914. The molecular formula is C19H18F3N3O. The van der Waals surface area contributed by atoms with Crippen LogP contribution >= 0.6 is 0 Å². The van der Waals surface area contributed by atoms with E-state index in [1.807, 2.05) is 42.6 Å². The third-order valence-electron chi connectivity index (χ3n) is 4.11. The Hall–Kier alpha value is -2.83. The lowest BCUT2D eigenvalue weighted by molar-refractivity contribution is -0.137. The molecule has 0 aliphatic carbocycles. The number of fused-ring (bicyclic) bond motifs is 1. The van der Waals surface area contributed by atoms with Gasteiger partial charge in [0.05, 0.1) is 17.8 Å². The van der Waals surface area contributed by atoms with E-state index in [1.54, 1.807) is 0 Å². The molecule has 26 heavy (non-hydrogen) atoms. The molecule has 0 atom stereocenters. The van der Waals surface area contributed by atoms with Crippen molar-refractivity contribution < 1.29 is 18.0 Å². The van der Waals surface area contributed by atoms with Crippen LogP contribution in [-0.4, -0.2) is 15.8 Å². The fourth-order valence-corrected chi connectivity index (χ4v) is 2.83. The third-order valence-corrected chi connectivity index (χ3v) is 4.11. The first-order valence-corrected chi connectivity index (χ1v) is 8.16. The first-order valence-electron chi connectivity index (χ1n) is 8.16. The first-order chi connectivity index (χ1) is 12.3. The van der Waals surface area contributed by atoms with Crippen molar-refractivity contribution in [2.45, 2.75) is 32.5 Å². The van der Waals surface area contributed by atoms with Crippen molar-refractivity contribution in [2.24, 2.45) is 0 Å². The number of hydrogen-bond donors (Lipinski definition) is 0. The number of anilines is 1. The molecule has 0 aliphatic rings.